The number of phenols is 1. The lowest BCUT2D eigenvalue weighted by atomic mass is 10.1. The van der Waals surface area contributed by atoms with Gasteiger partial charge in [0.05, 0.1) is 13.2 Å². The molecule has 0 fully saturated rings. The average Bonchev–Trinajstić information content (AvgIpc) is 2.35. The third-order valence-corrected chi connectivity index (χ3v) is 2.43. The number of rotatable bonds is 8. The molecule has 1 aromatic rings. The van der Waals surface area contributed by atoms with Crippen molar-refractivity contribution in [2.75, 3.05) is 13.2 Å². The molecule has 0 aliphatic carbocycles. The molecule has 0 atom stereocenters. The number of hydroxylamine groups is 2. The fourth-order valence-corrected chi connectivity index (χ4v) is 1.38. The van der Waals surface area contributed by atoms with Gasteiger partial charge in [0, 0.05) is 0 Å². The average molecular weight is 237 g/mol. The fraction of sp³-hybridized carbons (Fsp3) is 0.462. The largest absolute Gasteiger partial charge is 0.508 e. The van der Waals surface area contributed by atoms with Gasteiger partial charge in [-0.3, -0.25) is 9.63 Å². The predicted octanol–water partition coefficient (Wildman–Crippen LogP) is 2.12. The highest BCUT2D eigenvalue weighted by Gasteiger charge is 2.02. The smallest absolute Gasteiger partial charge is 0.233 e. The first-order valence-electron chi connectivity index (χ1n) is 5.89. The Bertz CT molecular complexity index is 324. The Kier molecular flexibility index (Phi) is 6.10. The van der Waals surface area contributed by atoms with Crippen LogP contribution in [0.15, 0.2) is 24.3 Å². The fourth-order valence-electron chi connectivity index (χ4n) is 1.38. The molecule has 0 spiro atoms. The van der Waals surface area contributed by atoms with E-state index in [4.69, 9.17) is 9.94 Å². The van der Waals surface area contributed by atoms with E-state index in [1.165, 1.54) is 5.06 Å². The summed E-state index contributed by atoms with van der Waals surface area (Å²) in [4.78, 5) is 16.0. The van der Waals surface area contributed by atoms with Crippen molar-refractivity contribution in [1.82, 2.24) is 5.06 Å². The molecule has 0 saturated carbocycles. The van der Waals surface area contributed by atoms with Crippen LogP contribution in [0.3, 0.4) is 0 Å². The quantitative estimate of drug-likeness (QED) is 0.428. The van der Waals surface area contributed by atoms with E-state index in [1.807, 2.05) is 12.1 Å². The summed E-state index contributed by atoms with van der Waals surface area (Å²) in [6, 6.07) is 6.95. The van der Waals surface area contributed by atoms with E-state index in [1.54, 1.807) is 12.1 Å². The Morgan fingerprint density at radius 2 is 2.06 bits per heavy atom. The van der Waals surface area contributed by atoms with E-state index in [9.17, 15) is 4.79 Å². The second-order valence-electron chi connectivity index (χ2n) is 3.85. The van der Waals surface area contributed by atoms with Crippen LogP contribution in [0.2, 0.25) is 0 Å². The lowest BCUT2D eigenvalue weighted by Gasteiger charge is -2.16. The summed E-state index contributed by atoms with van der Waals surface area (Å²) in [6.45, 7) is 3.17. The van der Waals surface area contributed by atoms with Crippen LogP contribution in [0.1, 0.15) is 25.3 Å². The molecule has 0 heterocycles. The Morgan fingerprint density at radius 1 is 1.35 bits per heavy atom. The van der Waals surface area contributed by atoms with E-state index in [-0.39, 0.29) is 5.75 Å². The number of carbonyl (C=O) groups is 1. The molecule has 4 heteroatoms. The Balaban J connectivity index is 2.31. The molecule has 1 aromatic carbocycles. The topological polar surface area (TPSA) is 49.8 Å². The molecule has 17 heavy (non-hydrogen) atoms. The van der Waals surface area contributed by atoms with Gasteiger partial charge in [-0.05, 0) is 30.5 Å². The molecule has 0 saturated heterocycles. The molecule has 0 aromatic heterocycles. The summed E-state index contributed by atoms with van der Waals surface area (Å²) in [6.07, 6.45) is 3.41. The van der Waals surface area contributed by atoms with Crippen molar-refractivity contribution >= 4 is 6.41 Å². The van der Waals surface area contributed by atoms with Crippen molar-refractivity contribution in [2.45, 2.75) is 26.2 Å². The molecule has 0 unspecified atom stereocenters. The van der Waals surface area contributed by atoms with Gasteiger partial charge in [0.15, 0.2) is 0 Å². The Morgan fingerprint density at radius 3 is 2.65 bits per heavy atom. The van der Waals surface area contributed by atoms with Crippen LogP contribution in [0.25, 0.3) is 0 Å². The van der Waals surface area contributed by atoms with Crippen LogP contribution in [-0.4, -0.2) is 29.7 Å². The maximum Gasteiger partial charge on any atom is 0.233 e. The number of nitrogens with zero attached hydrogens (tertiary/aromatic N) is 1. The van der Waals surface area contributed by atoms with Crippen LogP contribution >= 0.6 is 0 Å². The van der Waals surface area contributed by atoms with Crippen molar-refractivity contribution in [3.8, 4) is 5.75 Å². The zero-order chi connectivity index (χ0) is 12.5. The van der Waals surface area contributed by atoms with Crippen molar-refractivity contribution in [3.63, 3.8) is 0 Å². The summed E-state index contributed by atoms with van der Waals surface area (Å²) in [5.74, 6) is 0.250. The van der Waals surface area contributed by atoms with Crippen molar-refractivity contribution < 1.29 is 14.7 Å². The van der Waals surface area contributed by atoms with Crippen molar-refractivity contribution in [2.24, 2.45) is 0 Å². The number of benzene rings is 1. The molecule has 0 bridgehead atoms. The minimum Gasteiger partial charge on any atom is -0.508 e. The summed E-state index contributed by atoms with van der Waals surface area (Å²) in [5, 5.41) is 10.5. The number of phenolic OH excluding ortho intramolecular Hbond substituents is 1. The number of hydrogen-bond acceptors (Lipinski definition) is 3. The van der Waals surface area contributed by atoms with E-state index < -0.39 is 0 Å². The molecule has 94 valence electrons. The highest BCUT2D eigenvalue weighted by atomic mass is 16.7. The van der Waals surface area contributed by atoms with Gasteiger partial charge in [0.25, 0.3) is 0 Å². The number of carbonyl (C=O) groups excluding carboxylic acids is 1. The van der Waals surface area contributed by atoms with Gasteiger partial charge in [0.1, 0.15) is 5.75 Å². The van der Waals surface area contributed by atoms with Crippen molar-refractivity contribution in [1.29, 1.82) is 0 Å². The normalized spacial score (nSPS) is 10.2. The van der Waals surface area contributed by atoms with Gasteiger partial charge in [-0.1, -0.05) is 25.5 Å². The standard InChI is InChI=1S/C13H19NO3/c1-2-3-10-17-14(11-15)9-8-12-4-6-13(16)7-5-12/h4-7,11,16H,2-3,8-10H2,1H3. The van der Waals surface area contributed by atoms with Crippen molar-refractivity contribution in [3.05, 3.63) is 29.8 Å². The predicted molar refractivity (Wildman–Crippen MR) is 65.4 cm³/mol. The number of aromatic hydroxyl groups is 1. The van der Waals surface area contributed by atoms with Gasteiger partial charge in [0.2, 0.25) is 6.41 Å². The zero-order valence-corrected chi connectivity index (χ0v) is 10.1. The minimum atomic E-state index is 0.250. The first-order chi connectivity index (χ1) is 8.26. The summed E-state index contributed by atoms with van der Waals surface area (Å²) >= 11 is 0. The first kappa shape index (κ1) is 13.5. The molecule has 4 nitrogen and oxygen atoms in total. The van der Waals surface area contributed by atoms with Crippen LogP contribution < -0.4 is 0 Å². The third-order valence-electron chi connectivity index (χ3n) is 2.43. The van der Waals surface area contributed by atoms with E-state index in [0.717, 1.165) is 18.4 Å². The van der Waals surface area contributed by atoms with Gasteiger partial charge in [-0.2, -0.15) is 0 Å². The molecular weight excluding hydrogens is 218 g/mol. The molecular formula is C13H19NO3. The lowest BCUT2D eigenvalue weighted by molar-refractivity contribution is -0.172. The van der Waals surface area contributed by atoms with Gasteiger partial charge >= 0.3 is 0 Å². The zero-order valence-electron chi connectivity index (χ0n) is 10.1. The van der Waals surface area contributed by atoms with Crippen LogP contribution in [-0.2, 0) is 16.1 Å². The summed E-state index contributed by atoms with van der Waals surface area (Å²) < 4.78 is 0. The molecule has 1 rings (SSSR count). The minimum absolute atomic E-state index is 0.250. The summed E-state index contributed by atoms with van der Waals surface area (Å²) in [7, 11) is 0. The van der Waals surface area contributed by atoms with Crippen LogP contribution in [0.4, 0.5) is 0 Å². The maximum absolute atomic E-state index is 10.7. The second kappa shape index (κ2) is 7.68. The van der Waals surface area contributed by atoms with Gasteiger partial charge in [-0.15, -0.1) is 0 Å². The Labute approximate surface area is 102 Å². The van der Waals surface area contributed by atoms with E-state index in [0.29, 0.717) is 26.0 Å². The monoisotopic (exact) mass is 237 g/mol. The molecule has 1 N–H and O–H groups in total. The van der Waals surface area contributed by atoms with E-state index >= 15 is 0 Å². The SMILES string of the molecule is CCCCON(C=O)CCc1ccc(O)cc1. The number of hydrogen-bond donors (Lipinski definition) is 1. The highest BCUT2D eigenvalue weighted by molar-refractivity contribution is 5.45. The molecule has 0 aliphatic rings. The molecule has 0 radical (unpaired) electrons. The molecule has 1 amide bonds. The highest BCUT2D eigenvalue weighted by Crippen LogP contribution is 2.10. The maximum atomic E-state index is 10.7. The van der Waals surface area contributed by atoms with E-state index in [2.05, 4.69) is 6.92 Å². The number of amides is 1. The van der Waals surface area contributed by atoms with Crippen LogP contribution in [0, 0.1) is 0 Å². The first-order valence-corrected chi connectivity index (χ1v) is 5.89. The van der Waals surface area contributed by atoms with Crippen LogP contribution in [0.5, 0.6) is 5.75 Å². The molecule has 0 aliphatic heterocycles. The number of unbranched alkanes of at least 4 members (excludes halogenated alkanes) is 1. The van der Waals surface area contributed by atoms with Gasteiger partial charge in [-0.25, -0.2) is 5.06 Å². The Hall–Kier alpha value is -1.55. The third kappa shape index (κ3) is 5.36. The second-order valence-corrected chi connectivity index (χ2v) is 3.85. The lowest BCUT2D eigenvalue weighted by Crippen LogP contribution is -2.25. The summed E-state index contributed by atoms with van der Waals surface area (Å²) in [5.41, 5.74) is 1.06. The van der Waals surface area contributed by atoms with Gasteiger partial charge < -0.3 is 5.11 Å².